The van der Waals surface area contributed by atoms with Crippen LogP contribution in [-0.2, 0) is 16.1 Å². The molecule has 0 fully saturated rings. The van der Waals surface area contributed by atoms with Gasteiger partial charge in [-0.2, -0.15) is 0 Å². The number of fused-ring (bicyclic) bond motifs is 2. The highest BCUT2D eigenvalue weighted by atomic mass is 35.5. The highest BCUT2D eigenvalue weighted by Crippen LogP contribution is 2.32. The number of thiazole rings is 1. The molecule has 0 spiro atoms. The first kappa shape index (κ1) is 27.3. The number of benzene rings is 2. The van der Waals surface area contributed by atoms with Crippen LogP contribution in [-0.4, -0.2) is 21.7 Å². The highest BCUT2D eigenvalue weighted by Gasteiger charge is 2.35. The summed E-state index contributed by atoms with van der Waals surface area (Å²) in [4.78, 5) is 32.1. The van der Waals surface area contributed by atoms with Crippen molar-refractivity contribution < 1.29 is 13.9 Å². The quantitative estimate of drug-likeness (QED) is 0.222. The van der Waals surface area contributed by atoms with Gasteiger partial charge in [-0.1, -0.05) is 58.8 Å². The number of carbonyl (C=O) groups is 1. The first-order valence-electron chi connectivity index (χ1n) is 13.0. The standard InChI is InChI=1S/C31H25Cl2N3O4S/c1-4-39-30(38)27-18(3)34-31-36(28(27)25-12-9-17(2)40-25)29(37)26(41-31)14-20-16-35(24-8-6-5-7-21(20)24)15-19-10-11-22(32)23(33)13-19/h5-14,16,28H,4,15H2,1-3H3/b26-14+/t28-/m0/s1. The number of halogens is 2. The Hall–Kier alpha value is -3.85. The molecule has 208 valence electrons. The number of ether oxygens (including phenoxy) is 1. The SMILES string of the molecule is CCOC(=O)C1=C(C)N=c2s/c(=C/c3cn(Cc4ccc(Cl)c(Cl)c4)c4ccccc34)c(=O)n2[C@H]1c1ccc(C)o1. The van der Waals surface area contributed by atoms with E-state index >= 15 is 0 Å². The topological polar surface area (TPSA) is 78.7 Å². The van der Waals surface area contributed by atoms with E-state index in [0.29, 0.717) is 48.7 Å². The van der Waals surface area contributed by atoms with Gasteiger partial charge in [0.2, 0.25) is 0 Å². The third-order valence-electron chi connectivity index (χ3n) is 6.99. The monoisotopic (exact) mass is 605 g/mol. The molecule has 0 saturated carbocycles. The Morgan fingerprint density at radius 1 is 1.12 bits per heavy atom. The Bertz CT molecular complexity index is 2050. The molecule has 0 radical (unpaired) electrons. The molecule has 41 heavy (non-hydrogen) atoms. The highest BCUT2D eigenvalue weighted by molar-refractivity contribution is 7.07. The van der Waals surface area contributed by atoms with Gasteiger partial charge in [-0.3, -0.25) is 9.36 Å². The lowest BCUT2D eigenvalue weighted by Crippen LogP contribution is -2.39. The average Bonchev–Trinajstić information content (AvgIpc) is 3.61. The van der Waals surface area contributed by atoms with Gasteiger partial charge in [0.25, 0.3) is 5.56 Å². The molecular weight excluding hydrogens is 581 g/mol. The van der Waals surface area contributed by atoms with Crippen molar-refractivity contribution in [2.75, 3.05) is 6.61 Å². The molecule has 0 aliphatic carbocycles. The molecule has 3 aromatic heterocycles. The first-order chi connectivity index (χ1) is 19.7. The fourth-order valence-corrected chi connectivity index (χ4v) is 6.52. The van der Waals surface area contributed by atoms with Crippen LogP contribution in [0.25, 0.3) is 17.0 Å². The number of para-hydroxylation sites is 1. The summed E-state index contributed by atoms with van der Waals surface area (Å²) in [6, 6.07) is 16.4. The maximum Gasteiger partial charge on any atom is 0.338 e. The number of furan rings is 1. The van der Waals surface area contributed by atoms with Gasteiger partial charge in [-0.15, -0.1) is 0 Å². The van der Waals surface area contributed by atoms with Crippen molar-refractivity contribution in [2.45, 2.75) is 33.4 Å². The van der Waals surface area contributed by atoms with Gasteiger partial charge in [0.15, 0.2) is 4.80 Å². The summed E-state index contributed by atoms with van der Waals surface area (Å²) >= 11 is 13.7. The van der Waals surface area contributed by atoms with Crippen molar-refractivity contribution in [2.24, 2.45) is 4.99 Å². The minimum Gasteiger partial charge on any atom is -0.464 e. The molecule has 5 aromatic rings. The van der Waals surface area contributed by atoms with Crippen LogP contribution in [0.1, 0.15) is 42.5 Å². The minimum absolute atomic E-state index is 0.205. The molecule has 7 nitrogen and oxygen atoms in total. The smallest absolute Gasteiger partial charge is 0.338 e. The molecule has 0 N–H and O–H groups in total. The van der Waals surface area contributed by atoms with Crippen molar-refractivity contribution in [3.63, 3.8) is 0 Å². The Labute approximate surface area is 249 Å². The lowest BCUT2D eigenvalue weighted by molar-refractivity contribution is -0.139. The third kappa shape index (κ3) is 4.96. The number of allylic oxidation sites excluding steroid dienone is 1. The zero-order chi connectivity index (χ0) is 28.8. The number of hydrogen-bond donors (Lipinski definition) is 0. The van der Waals surface area contributed by atoms with Crippen LogP contribution in [0.5, 0.6) is 0 Å². The van der Waals surface area contributed by atoms with E-state index in [2.05, 4.69) is 9.56 Å². The van der Waals surface area contributed by atoms with Gasteiger partial charge in [0, 0.05) is 29.2 Å². The van der Waals surface area contributed by atoms with E-state index in [9.17, 15) is 9.59 Å². The zero-order valence-electron chi connectivity index (χ0n) is 22.5. The third-order valence-corrected chi connectivity index (χ3v) is 8.71. The molecule has 1 aliphatic rings. The van der Waals surface area contributed by atoms with Crippen LogP contribution < -0.4 is 14.9 Å². The van der Waals surface area contributed by atoms with Gasteiger partial charge in [-0.05, 0) is 62.7 Å². The second-order valence-corrected chi connectivity index (χ2v) is 11.6. The lowest BCUT2D eigenvalue weighted by atomic mass is 10.0. The molecule has 2 aromatic carbocycles. The van der Waals surface area contributed by atoms with Crippen LogP contribution >= 0.6 is 34.5 Å². The predicted molar refractivity (Wildman–Crippen MR) is 161 cm³/mol. The number of esters is 1. The Kier molecular flexibility index (Phi) is 7.23. The summed E-state index contributed by atoms with van der Waals surface area (Å²) in [5, 5.41) is 2.01. The average molecular weight is 607 g/mol. The van der Waals surface area contributed by atoms with E-state index in [1.54, 1.807) is 26.0 Å². The van der Waals surface area contributed by atoms with Gasteiger partial charge in [-0.25, -0.2) is 9.79 Å². The summed E-state index contributed by atoms with van der Waals surface area (Å²) in [6.45, 7) is 6.10. The normalized spacial score (nSPS) is 15.3. The number of hydrogen-bond acceptors (Lipinski definition) is 6. The number of aryl methyl sites for hydroxylation is 1. The molecule has 0 saturated heterocycles. The van der Waals surface area contributed by atoms with Crippen LogP contribution in [0.2, 0.25) is 10.0 Å². The fraction of sp³-hybridized carbons (Fsp3) is 0.194. The van der Waals surface area contributed by atoms with E-state index in [-0.39, 0.29) is 12.2 Å². The first-order valence-corrected chi connectivity index (χ1v) is 14.6. The van der Waals surface area contributed by atoms with E-state index < -0.39 is 12.0 Å². The summed E-state index contributed by atoms with van der Waals surface area (Å²) in [5.41, 5.74) is 3.43. The number of carbonyl (C=O) groups excluding carboxylic acids is 1. The Balaban J connectivity index is 1.50. The summed E-state index contributed by atoms with van der Waals surface area (Å²) < 4.78 is 15.4. The molecule has 0 unspecified atom stereocenters. The van der Waals surface area contributed by atoms with Crippen LogP contribution in [0.15, 0.2) is 86.3 Å². The molecule has 0 bridgehead atoms. The van der Waals surface area contributed by atoms with E-state index in [4.69, 9.17) is 32.4 Å². The van der Waals surface area contributed by atoms with Crippen molar-refractivity contribution in [1.82, 2.24) is 9.13 Å². The fourth-order valence-electron chi connectivity index (χ4n) is 5.16. The Morgan fingerprint density at radius 2 is 1.93 bits per heavy atom. The lowest BCUT2D eigenvalue weighted by Gasteiger charge is -2.22. The number of rotatable bonds is 6. The van der Waals surface area contributed by atoms with Gasteiger partial charge >= 0.3 is 5.97 Å². The Morgan fingerprint density at radius 3 is 2.66 bits per heavy atom. The van der Waals surface area contributed by atoms with Gasteiger partial charge in [0.1, 0.15) is 17.6 Å². The molecule has 1 atom stereocenters. The van der Waals surface area contributed by atoms with E-state index in [1.807, 2.05) is 61.7 Å². The van der Waals surface area contributed by atoms with Crippen molar-refractivity contribution >= 4 is 57.5 Å². The largest absolute Gasteiger partial charge is 0.464 e. The maximum atomic E-state index is 14.0. The van der Waals surface area contributed by atoms with Crippen LogP contribution in [0.4, 0.5) is 0 Å². The molecule has 0 amide bonds. The van der Waals surface area contributed by atoms with Crippen molar-refractivity contribution in [3.8, 4) is 0 Å². The number of aromatic nitrogens is 2. The van der Waals surface area contributed by atoms with Crippen LogP contribution in [0, 0.1) is 6.92 Å². The second kappa shape index (κ2) is 10.9. The van der Waals surface area contributed by atoms with Gasteiger partial charge < -0.3 is 13.7 Å². The molecule has 6 rings (SSSR count). The van der Waals surface area contributed by atoms with E-state index in [1.165, 1.54) is 15.9 Å². The zero-order valence-corrected chi connectivity index (χ0v) is 24.8. The predicted octanol–water partition coefficient (Wildman–Crippen LogP) is 6.01. The van der Waals surface area contributed by atoms with E-state index in [0.717, 1.165) is 22.0 Å². The molecule has 10 heteroatoms. The maximum absolute atomic E-state index is 14.0. The molecule has 4 heterocycles. The summed E-state index contributed by atoms with van der Waals surface area (Å²) in [7, 11) is 0. The molecule has 1 aliphatic heterocycles. The van der Waals surface area contributed by atoms with Crippen molar-refractivity contribution in [3.05, 3.63) is 124 Å². The van der Waals surface area contributed by atoms with Crippen LogP contribution in [0.3, 0.4) is 0 Å². The molecular formula is C31H25Cl2N3O4S. The van der Waals surface area contributed by atoms with Gasteiger partial charge in [0.05, 0.1) is 32.5 Å². The second-order valence-electron chi connectivity index (χ2n) is 9.73. The summed E-state index contributed by atoms with van der Waals surface area (Å²) in [6.07, 6.45) is 3.90. The minimum atomic E-state index is -0.780. The van der Waals surface area contributed by atoms with Crippen molar-refractivity contribution in [1.29, 1.82) is 0 Å². The summed E-state index contributed by atoms with van der Waals surface area (Å²) in [5.74, 6) is 0.632. The number of nitrogens with zero attached hydrogens (tertiary/aromatic N) is 3.